The van der Waals surface area contributed by atoms with E-state index in [4.69, 9.17) is 0 Å². The van der Waals surface area contributed by atoms with Gasteiger partial charge in [0.15, 0.2) is 0 Å². The number of piperazine rings is 1. The van der Waals surface area contributed by atoms with Crippen molar-refractivity contribution in [3.05, 3.63) is 54.2 Å². The zero-order valence-electron chi connectivity index (χ0n) is 18.7. The second-order valence-corrected chi connectivity index (χ2v) is 10.3. The van der Waals surface area contributed by atoms with Gasteiger partial charge in [-0.25, -0.2) is 13.4 Å². The van der Waals surface area contributed by atoms with Crippen LogP contribution in [0.2, 0.25) is 0 Å². The molecular weight excluding hydrogens is 458 g/mol. The second-order valence-electron chi connectivity index (χ2n) is 8.17. The third-order valence-electron chi connectivity index (χ3n) is 5.91. The van der Waals surface area contributed by atoms with Gasteiger partial charge in [0.25, 0.3) is 5.91 Å². The van der Waals surface area contributed by atoms with Crippen LogP contribution in [0.4, 0.5) is 11.5 Å². The molecule has 3 heterocycles. The Morgan fingerprint density at radius 1 is 0.941 bits per heavy atom. The summed E-state index contributed by atoms with van der Waals surface area (Å²) in [6.45, 7) is 2.19. The molecule has 10 nitrogen and oxygen atoms in total. The molecule has 0 aliphatic carbocycles. The number of imide groups is 1. The highest BCUT2D eigenvalue weighted by atomic mass is 32.2. The van der Waals surface area contributed by atoms with Crippen molar-refractivity contribution in [2.45, 2.75) is 19.3 Å². The van der Waals surface area contributed by atoms with Gasteiger partial charge < -0.3 is 10.2 Å². The standard InChI is InChI=1S/C23H27N5O5S/c29-21-9-10-22(30)28(21)19-7-5-18(6-8-19)23(31)25-12-3-17-34(32,33)27-15-13-26(14-16-27)20-4-1-2-11-24-20/h1-2,4-8,11H,3,9-10,12-17H2,(H,25,31). The normalized spacial score (nSPS) is 17.3. The fraction of sp³-hybridized carbons (Fsp3) is 0.391. The summed E-state index contributed by atoms with van der Waals surface area (Å²) in [6, 6.07) is 11.9. The highest BCUT2D eigenvalue weighted by Crippen LogP contribution is 2.22. The Hall–Kier alpha value is -3.31. The first-order chi connectivity index (χ1) is 16.3. The minimum absolute atomic E-state index is 0.0466. The molecule has 34 heavy (non-hydrogen) atoms. The topological polar surface area (TPSA) is 120 Å². The van der Waals surface area contributed by atoms with E-state index in [2.05, 4.69) is 15.2 Å². The van der Waals surface area contributed by atoms with E-state index >= 15 is 0 Å². The molecule has 1 N–H and O–H groups in total. The van der Waals surface area contributed by atoms with Crippen molar-refractivity contribution in [2.24, 2.45) is 0 Å². The Balaban J connectivity index is 1.21. The van der Waals surface area contributed by atoms with Crippen LogP contribution in [0.1, 0.15) is 29.6 Å². The van der Waals surface area contributed by atoms with Gasteiger partial charge in [-0.05, 0) is 42.8 Å². The van der Waals surface area contributed by atoms with Crippen LogP contribution in [0.3, 0.4) is 0 Å². The van der Waals surface area contributed by atoms with Gasteiger partial charge in [0, 0.05) is 57.3 Å². The number of aromatic nitrogens is 1. The average molecular weight is 486 g/mol. The van der Waals surface area contributed by atoms with Gasteiger partial charge in [-0.15, -0.1) is 0 Å². The van der Waals surface area contributed by atoms with Crippen molar-refractivity contribution in [3.63, 3.8) is 0 Å². The highest BCUT2D eigenvalue weighted by Gasteiger charge is 2.30. The lowest BCUT2D eigenvalue weighted by Crippen LogP contribution is -2.49. The fourth-order valence-electron chi connectivity index (χ4n) is 4.05. The van der Waals surface area contributed by atoms with Gasteiger partial charge >= 0.3 is 0 Å². The Morgan fingerprint density at radius 2 is 1.62 bits per heavy atom. The SMILES string of the molecule is O=C(NCCCS(=O)(=O)N1CCN(c2ccccn2)CC1)c1ccc(N2C(=O)CCC2=O)cc1. The van der Waals surface area contributed by atoms with E-state index in [1.54, 1.807) is 30.5 Å². The Labute approximate surface area is 198 Å². The molecule has 1 aromatic carbocycles. The van der Waals surface area contributed by atoms with Gasteiger partial charge in [0.05, 0.1) is 11.4 Å². The molecule has 3 amide bonds. The summed E-state index contributed by atoms with van der Waals surface area (Å²) in [4.78, 5) is 43.5. The van der Waals surface area contributed by atoms with Crippen LogP contribution in [0.15, 0.2) is 48.7 Å². The maximum Gasteiger partial charge on any atom is 0.251 e. The van der Waals surface area contributed by atoms with Crippen LogP contribution >= 0.6 is 0 Å². The molecule has 2 aliphatic rings. The zero-order chi connectivity index (χ0) is 24.1. The van der Waals surface area contributed by atoms with Crippen LogP contribution in [-0.4, -0.2) is 73.9 Å². The smallest absolute Gasteiger partial charge is 0.251 e. The van der Waals surface area contributed by atoms with Gasteiger partial charge in [-0.1, -0.05) is 6.07 Å². The molecule has 180 valence electrons. The van der Waals surface area contributed by atoms with Crippen molar-refractivity contribution in [1.29, 1.82) is 0 Å². The predicted molar refractivity (Wildman–Crippen MR) is 127 cm³/mol. The minimum Gasteiger partial charge on any atom is -0.354 e. The lowest BCUT2D eigenvalue weighted by molar-refractivity contribution is -0.121. The summed E-state index contributed by atoms with van der Waals surface area (Å²) in [6.07, 6.45) is 2.41. The molecule has 4 rings (SSSR count). The largest absolute Gasteiger partial charge is 0.354 e. The lowest BCUT2D eigenvalue weighted by atomic mass is 10.2. The molecule has 11 heteroatoms. The molecule has 0 unspecified atom stereocenters. The third kappa shape index (κ3) is 5.42. The summed E-state index contributed by atoms with van der Waals surface area (Å²) in [7, 11) is -3.41. The fourth-order valence-corrected chi connectivity index (χ4v) is 5.54. The highest BCUT2D eigenvalue weighted by molar-refractivity contribution is 7.89. The van der Waals surface area contributed by atoms with E-state index in [0.717, 1.165) is 10.7 Å². The molecule has 0 spiro atoms. The first kappa shape index (κ1) is 23.8. The van der Waals surface area contributed by atoms with E-state index in [1.165, 1.54) is 4.31 Å². The molecule has 0 bridgehead atoms. The Morgan fingerprint density at radius 3 is 2.24 bits per heavy atom. The van der Waals surface area contributed by atoms with Crippen molar-refractivity contribution in [3.8, 4) is 0 Å². The molecule has 0 saturated carbocycles. The first-order valence-corrected chi connectivity index (χ1v) is 12.8. The number of carbonyl (C=O) groups is 3. The maximum atomic E-state index is 12.7. The molecule has 2 aliphatic heterocycles. The van der Waals surface area contributed by atoms with Gasteiger partial charge in [-0.3, -0.25) is 19.3 Å². The van der Waals surface area contributed by atoms with E-state index in [0.29, 0.717) is 43.9 Å². The minimum atomic E-state index is -3.41. The number of sulfonamides is 1. The van der Waals surface area contributed by atoms with Gasteiger partial charge in [0.2, 0.25) is 21.8 Å². The molecular formula is C23H27N5O5S. The van der Waals surface area contributed by atoms with Crippen LogP contribution in [0.25, 0.3) is 0 Å². The third-order valence-corrected chi connectivity index (χ3v) is 7.87. The molecule has 2 aromatic rings. The van der Waals surface area contributed by atoms with E-state index in [-0.39, 0.29) is 42.9 Å². The van der Waals surface area contributed by atoms with E-state index in [9.17, 15) is 22.8 Å². The van der Waals surface area contributed by atoms with Crippen LogP contribution < -0.4 is 15.1 Å². The van der Waals surface area contributed by atoms with Gasteiger partial charge in [0.1, 0.15) is 5.82 Å². The number of amides is 3. The predicted octanol–water partition coefficient (Wildman–Crippen LogP) is 1.01. The van der Waals surface area contributed by atoms with Gasteiger partial charge in [-0.2, -0.15) is 4.31 Å². The number of carbonyl (C=O) groups excluding carboxylic acids is 3. The Kier molecular flexibility index (Phi) is 7.23. The molecule has 0 atom stereocenters. The van der Waals surface area contributed by atoms with Crippen LogP contribution in [0.5, 0.6) is 0 Å². The number of nitrogens with one attached hydrogen (secondary N) is 1. The first-order valence-electron chi connectivity index (χ1n) is 11.2. The summed E-state index contributed by atoms with van der Waals surface area (Å²) in [5.74, 6) is -0.0429. The monoisotopic (exact) mass is 485 g/mol. The van der Waals surface area contributed by atoms with Crippen molar-refractivity contribution in [1.82, 2.24) is 14.6 Å². The summed E-state index contributed by atoms with van der Waals surface area (Å²) >= 11 is 0. The van der Waals surface area contributed by atoms with Crippen LogP contribution in [0, 0.1) is 0 Å². The number of hydrogen-bond donors (Lipinski definition) is 1. The zero-order valence-corrected chi connectivity index (χ0v) is 19.5. The Bertz CT molecular complexity index is 1130. The summed E-state index contributed by atoms with van der Waals surface area (Å²) in [5, 5.41) is 2.72. The van der Waals surface area contributed by atoms with E-state index < -0.39 is 10.0 Å². The number of rotatable bonds is 8. The number of nitrogens with zero attached hydrogens (tertiary/aromatic N) is 4. The number of hydrogen-bond acceptors (Lipinski definition) is 7. The molecule has 2 fully saturated rings. The van der Waals surface area contributed by atoms with Crippen molar-refractivity contribution < 1.29 is 22.8 Å². The van der Waals surface area contributed by atoms with Crippen molar-refractivity contribution >= 4 is 39.3 Å². The maximum absolute atomic E-state index is 12.7. The molecule has 2 saturated heterocycles. The quantitative estimate of drug-likeness (QED) is 0.438. The second kappa shape index (κ2) is 10.3. The lowest BCUT2D eigenvalue weighted by Gasteiger charge is -2.34. The average Bonchev–Trinajstić information content (AvgIpc) is 3.20. The van der Waals surface area contributed by atoms with Crippen LogP contribution in [-0.2, 0) is 19.6 Å². The number of benzene rings is 1. The molecule has 0 radical (unpaired) electrons. The number of anilines is 2. The number of pyridine rings is 1. The summed E-state index contributed by atoms with van der Waals surface area (Å²) in [5.41, 5.74) is 0.814. The molecule has 1 aromatic heterocycles. The van der Waals surface area contributed by atoms with E-state index in [1.807, 2.05) is 18.2 Å². The van der Waals surface area contributed by atoms with Crippen molar-refractivity contribution in [2.75, 3.05) is 48.3 Å². The summed E-state index contributed by atoms with van der Waals surface area (Å²) < 4.78 is 26.9.